The summed E-state index contributed by atoms with van der Waals surface area (Å²) in [6.07, 6.45) is -4.44. The molecule has 0 amide bonds. The maximum atomic E-state index is 9.63. The normalized spacial score (nSPS) is 33.6. The van der Waals surface area contributed by atoms with E-state index in [1.165, 1.54) is 0 Å². The molecule has 3 N–H and O–H groups in total. The lowest BCUT2D eigenvalue weighted by Crippen LogP contribution is -2.53. The van der Waals surface area contributed by atoms with Crippen LogP contribution in [0.15, 0.2) is 30.3 Å². The molecular weight excluding hydrogens is 224 g/mol. The van der Waals surface area contributed by atoms with E-state index in [0.29, 0.717) is 0 Å². The number of rotatable bonds is 3. The molecule has 5 heteroatoms. The first-order valence-corrected chi connectivity index (χ1v) is 5.50. The smallest absolute Gasteiger partial charge is 0.186 e. The van der Waals surface area contributed by atoms with Gasteiger partial charge < -0.3 is 24.8 Å². The Kier molecular flexibility index (Phi) is 4.09. The number of benzene rings is 1. The molecule has 1 saturated heterocycles. The average Bonchev–Trinajstić information content (AvgIpc) is 2.36. The molecule has 0 bridgehead atoms. The van der Waals surface area contributed by atoms with Gasteiger partial charge in [0.1, 0.15) is 18.3 Å². The third kappa shape index (κ3) is 3.02. The van der Waals surface area contributed by atoms with Crippen molar-refractivity contribution in [2.24, 2.45) is 0 Å². The maximum Gasteiger partial charge on any atom is 0.186 e. The van der Waals surface area contributed by atoms with Gasteiger partial charge in [-0.05, 0) is 5.56 Å². The second-order valence-corrected chi connectivity index (χ2v) is 4.05. The van der Waals surface area contributed by atoms with Crippen LogP contribution in [0.2, 0.25) is 0 Å². The molecule has 0 aromatic heterocycles. The first-order valence-electron chi connectivity index (χ1n) is 5.50. The minimum atomic E-state index is -1.23. The van der Waals surface area contributed by atoms with Crippen molar-refractivity contribution >= 4 is 0 Å². The SMILES string of the molecule is O[C@@H]1[C@@H](O)[C@H](OCc2ccccc2)OC[C@H]1O. The van der Waals surface area contributed by atoms with Crippen molar-refractivity contribution in [3.8, 4) is 0 Å². The zero-order valence-electron chi connectivity index (χ0n) is 9.27. The Morgan fingerprint density at radius 1 is 1.12 bits per heavy atom. The lowest BCUT2D eigenvalue weighted by molar-refractivity contribution is -0.273. The van der Waals surface area contributed by atoms with Crippen LogP contribution in [-0.2, 0) is 16.1 Å². The van der Waals surface area contributed by atoms with E-state index in [1.807, 2.05) is 30.3 Å². The van der Waals surface area contributed by atoms with Crippen LogP contribution in [0.4, 0.5) is 0 Å². The zero-order chi connectivity index (χ0) is 12.3. The molecule has 1 fully saturated rings. The molecule has 1 aromatic carbocycles. The minimum Gasteiger partial charge on any atom is -0.388 e. The highest BCUT2D eigenvalue weighted by molar-refractivity contribution is 5.13. The lowest BCUT2D eigenvalue weighted by atomic mass is 10.1. The topological polar surface area (TPSA) is 79.2 Å². The molecular formula is C12H16O5. The third-order valence-corrected chi connectivity index (χ3v) is 2.71. The maximum absolute atomic E-state index is 9.63. The summed E-state index contributed by atoms with van der Waals surface area (Å²) >= 11 is 0. The molecule has 1 aromatic rings. The van der Waals surface area contributed by atoms with Gasteiger partial charge in [0.05, 0.1) is 13.2 Å². The van der Waals surface area contributed by atoms with E-state index in [1.54, 1.807) is 0 Å². The van der Waals surface area contributed by atoms with Gasteiger partial charge in [0, 0.05) is 0 Å². The van der Waals surface area contributed by atoms with E-state index in [4.69, 9.17) is 9.47 Å². The fourth-order valence-corrected chi connectivity index (χ4v) is 1.68. The van der Waals surface area contributed by atoms with Crippen molar-refractivity contribution in [1.82, 2.24) is 0 Å². The van der Waals surface area contributed by atoms with Crippen molar-refractivity contribution in [3.05, 3.63) is 35.9 Å². The van der Waals surface area contributed by atoms with E-state index >= 15 is 0 Å². The van der Waals surface area contributed by atoms with Crippen LogP contribution in [0.25, 0.3) is 0 Å². The molecule has 2 rings (SSSR count). The Labute approximate surface area is 99.2 Å². The van der Waals surface area contributed by atoms with E-state index in [-0.39, 0.29) is 13.2 Å². The monoisotopic (exact) mass is 240 g/mol. The largest absolute Gasteiger partial charge is 0.388 e. The number of ether oxygens (including phenoxy) is 2. The first-order chi connectivity index (χ1) is 8.18. The van der Waals surface area contributed by atoms with Crippen LogP contribution in [0.5, 0.6) is 0 Å². The molecule has 17 heavy (non-hydrogen) atoms. The molecule has 1 aliphatic heterocycles. The van der Waals surface area contributed by atoms with Crippen molar-refractivity contribution in [3.63, 3.8) is 0 Å². The highest BCUT2D eigenvalue weighted by atomic mass is 16.7. The predicted octanol–water partition coefficient (Wildman–Crippen LogP) is -0.358. The second kappa shape index (κ2) is 5.57. The fourth-order valence-electron chi connectivity index (χ4n) is 1.68. The van der Waals surface area contributed by atoms with Gasteiger partial charge in [0.15, 0.2) is 6.29 Å². The van der Waals surface area contributed by atoms with Gasteiger partial charge in [-0.1, -0.05) is 30.3 Å². The molecule has 4 atom stereocenters. The molecule has 0 radical (unpaired) electrons. The van der Waals surface area contributed by atoms with Crippen LogP contribution in [0.3, 0.4) is 0 Å². The predicted molar refractivity (Wildman–Crippen MR) is 59.0 cm³/mol. The van der Waals surface area contributed by atoms with Crippen molar-refractivity contribution in [1.29, 1.82) is 0 Å². The van der Waals surface area contributed by atoms with Gasteiger partial charge in [-0.3, -0.25) is 0 Å². The van der Waals surface area contributed by atoms with E-state index in [0.717, 1.165) is 5.56 Å². The molecule has 5 nitrogen and oxygen atoms in total. The molecule has 0 aliphatic carbocycles. The van der Waals surface area contributed by atoms with Gasteiger partial charge >= 0.3 is 0 Å². The van der Waals surface area contributed by atoms with Crippen LogP contribution >= 0.6 is 0 Å². The molecule has 0 spiro atoms. The summed E-state index contributed by atoms with van der Waals surface area (Å²) in [6.45, 7) is 0.239. The Morgan fingerprint density at radius 2 is 1.82 bits per heavy atom. The summed E-state index contributed by atoms with van der Waals surface area (Å²) < 4.78 is 10.5. The molecule has 0 saturated carbocycles. The Balaban J connectivity index is 1.87. The number of aliphatic hydroxyl groups excluding tert-OH is 3. The van der Waals surface area contributed by atoms with Gasteiger partial charge in [-0.15, -0.1) is 0 Å². The summed E-state index contributed by atoms with van der Waals surface area (Å²) in [4.78, 5) is 0. The second-order valence-electron chi connectivity index (χ2n) is 4.05. The fraction of sp³-hybridized carbons (Fsp3) is 0.500. The minimum absolute atomic E-state index is 0.0440. The van der Waals surface area contributed by atoms with Crippen LogP contribution in [0, 0.1) is 0 Å². The van der Waals surface area contributed by atoms with Crippen LogP contribution < -0.4 is 0 Å². The van der Waals surface area contributed by atoms with E-state index in [2.05, 4.69) is 0 Å². The molecule has 0 unspecified atom stereocenters. The lowest BCUT2D eigenvalue weighted by Gasteiger charge is -2.34. The third-order valence-electron chi connectivity index (χ3n) is 2.71. The highest BCUT2D eigenvalue weighted by Gasteiger charge is 2.38. The Hall–Kier alpha value is -0.980. The van der Waals surface area contributed by atoms with Crippen molar-refractivity contribution in [2.75, 3.05) is 6.61 Å². The van der Waals surface area contributed by atoms with Crippen LogP contribution in [-0.4, -0.2) is 46.5 Å². The van der Waals surface area contributed by atoms with Crippen molar-refractivity contribution in [2.45, 2.75) is 31.2 Å². The summed E-state index contributed by atoms with van der Waals surface area (Å²) in [6, 6.07) is 9.45. The van der Waals surface area contributed by atoms with Crippen molar-refractivity contribution < 1.29 is 24.8 Å². The molecule has 1 aliphatic rings. The summed E-state index contributed by atoms with van der Waals surface area (Å²) in [5.74, 6) is 0. The van der Waals surface area contributed by atoms with E-state index < -0.39 is 24.6 Å². The quantitative estimate of drug-likeness (QED) is 0.672. The summed E-state index contributed by atoms with van der Waals surface area (Å²) in [7, 11) is 0. The van der Waals surface area contributed by atoms with Gasteiger partial charge in [0.2, 0.25) is 0 Å². The van der Waals surface area contributed by atoms with Gasteiger partial charge in [-0.2, -0.15) is 0 Å². The number of hydrogen-bond acceptors (Lipinski definition) is 5. The standard InChI is InChI=1S/C12H16O5/c13-9-7-17-12(11(15)10(9)14)16-6-8-4-2-1-3-5-8/h1-5,9-15H,6-7H2/t9-,10+,11-,12-/m1/s1. The van der Waals surface area contributed by atoms with Crippen LogP contribution in [0.1, 0.15) is 5.56 Å². The number of hydrogen-bond donors (Lipinski definition) is 3. The Morgan fingerprint density at radius 3 is 2.53 bits per heavy atom. The molecule has 1 heterocycles. The Bertz CT molecular complexity index is 342. The number of aliphatic hydroxyl groups is 3. The van der Waals surface area contributed by atoms with Gasteiger partial charge in [0.25, 0.3) is 0 Å². The molecule has 94 valence electrons. The van der Waals surface area contributed by atoms with Gasteiger partial charge in [-0.25, -0.2) is 0 Å². The zero-order valence-corrected chi connectivity index (χ0v) is 9.27. The average molecular weight is 240 g/mol. The highest BCUT2D eigenvalue weighted by Crippen LogP contribution is 2.17. The summed E-state index contributed by atoms with van der Waals surface area (Å²) in [5.41, 5.74) is 0.948. The first kappa shape index (κ1) is 12.5. The van der Waals surface area contributed by atoms with E-state index in [9.17, 15) is 15.3 Å². The summed E-state index contributed by atoms with van der Waals surface area (Å²) in [5, 5.41) is 28.3.